The lowest BCUT2D eigenvalue weighted by molar-refractivity contribution is -0.394. The van der Waals surface area contributed by atoms with E-state index in [1.807, 2.05) is 0 Å². The first kappa shape index (κ1) is 9.90. The van der Waals surface area contributed by atoms with Crippen LogP contribution in [0.15, 0.2) is 12.1 Å². The van der Waals surface area contributed by atoms with E-state index < -0.39 is 21.2 Å². The molecule has 0 heterocycles. The maximum absolute atomic E-state index is 10.4. The van der Waals surface area contributed by atoms with Gasteiger partial charge in [-0.25, -0.2) is 0 Å². The lowest BCUT2D eigenvalue weighted by Gasteiger charge is -1.99. The van der Waals surface area contributed by atoms with Gasteiger partial charge in [-0.3, -0.25) is 20.2 Å². The SMILES string of the molecule is COc1c[c]c([N+](=O)[O-])cc1[N+](=O)[O-]. The van der Waals surface area contributed by atoms with Crippen LogP contribution in [0.4, 0.5) is 11.4 Å². The molecule has 0 unspecified atom stereocenters. The number of nitrogens with zero attached hydrogens (tertiary/aromatic N) is 2. The molecule has 0 aliphatic carbocycles. The zero-order valence-electron chi connectivity index (χ0n) is 7.09. The minimum Gasteiger partial charge on any atom is -0.490 e. The zero-order chi connectivity index (χ0) is 10.7. The molecular weight excluding hydrogens is 192 g/mol. The second-order valence-corrected chi connectivity index (χ2v) is 2.29. The van der Waals surface area contributed by atoms with Gasteiger partial charge < -0.3 is 4.74 Å². The summed E-state index contributed by atoms with van der Waals surface area (Å²) in [6, 6.07) is 4.12. The first-order valence-electron chi connectivity index (χ1n) is 3.44. The molecule has 7 nitrogen and oxygen atoms in total. The van der Waals surface area contributed by atoms with Gasteiger partial charge in [-0.1, -0.05) is 0 Å². The maximum atomic E-state index is 10.4. The Labute approximate surface area is 78.2 Å². The van der Waals surface area contributed by atoms with Crippen LogP contribution in [0.25, 0.3) is 0 Å². The second kappa shape index (κ2) is 3.69. The second-order valence-electron chi connectivity index (χ2n) is 2.29. The van der Waals surface area contributed by atoms with Gasteiger partial charge in [0.25, 0.3) is 5.69 Å². The largest absolute Gasteiger partial charge is 0.490 e. The molecule has 1 radical (unpaired) electrons. The van der Waals surface area contributed by atoms with E-state index in [1.165, 1.54) is 7.11 Å². The average molecular weight is 197 g/mol. The van der Waals surface area contributed by atoms with Crippen molar-refractivity contribution in [2.24, 2.45) is 0 Å². The van der Waals surface area contributed by atoms with Crippen LogP contribution in [0, 0.1) is 26.3 Å². The number of hydrogen-bond acceptors (Lipinski definition) is 5. The van der Waals surface area contributed by atoms with E-state index in [4.69, 9.17) is 0 Å². The fourth-order valence-electron chi connectivity index (χ4n) is 0.867. The first-order valence-corrected chi connectivity index (χ1v) is 3.44. The highest BCUT2D eigenvalue weighted by molar-refractivity contribution is 5.52. The number of non-ortho nitro benzene ring substituents is 1. The van der Waals surface area contributed by atoms with Crippen LogP contribution >= 0.6 is 0 Å². The van der Waals surface area contributed by atoms with Crippen molar-refractivity contribution in [2.75, 3.05) is 7.11 Å². The molecule has 0 aromatic heterocycles. The summed E-state index contributed by atoms with van der Waals surface area (Å²) in [6.45, 7) is 0. The molecule has 1 aromatic rings. The minimum absolute atomic E-state index is 0.0550. The average Bonchev–Trinajstić information content (AvgIpc) is 2.16. The van der Waals surface area contributed by atoms with Crippen molar-refractivity contribution in [2.45, 2.75) is 0 Å². The summed E-state index contributed by atoms with van der Waals surface area (Å²) in [5.41, 5.74) is -0.907. The molecule has 0 spiro atoms. The standard InChI is InChI=1S/C7H5N2O5/c1-14-7-3-2-5(8(10)11)4-6(7)9(12)13/h3-4H,1H3. The van der Waals surface area contributed by atoms with Crippen molar-refractivity contribution in [1.29, 1.82) is 0 Å². The number of nitro benzene ring substituents is 2. The van der Waals surface area contributed by atoms with Crippen LogP contribution < -0.4 is 4.74 Å². The maximum Gasteiger partial charge on any atom is 0.317 e. The Morgan fingerprint density at radius 2 is 2.00 bits per heavy atom. The van der Waals surface area contributed by atoms with Crippen molar-refractivity contribution in [3.63, 3.8) is 0 Å². The highest BCUT2D eigenvalue weighted by Crippen LogP contribution is 2.29. The molecule has 7 heteroatoms. The molecular formula is C7H5N2O5. The molecule has 1 aromatic carbocycles. The number of nitro groups is 2. The van der Waals surface area contributed by atoms with Gasteiger partial charge in [-0.2, -0.15) is 0 Å². The first-order chi connectivity index (χ1) is 6.56. The van der Waals surface area contributed by atoms with Crippen LogP contribution in [-0.4, -0.2) is 17.0 Å². The molecule has 0 N–H and O–H groups in total. The number of rotatable bonds is 3. The highest BCUT2D eigenvalue weighted by Gasteiger charge is 2.19. The summed E-state index contributed by atoms with van der Waals surface area (Å²) in [4.78, 5) is 19.2. The third-order valence-corrected chi connectivity index (χ3v) is 1.49. The minimum atomic E-state index is -0.757. The van der Waals surface area contributed by atoms with Crippen LogP contribution in [-0.2, 0) is 0 Å². The normalized spacial score (nSPS) is 9.50. The smallest absolute Gasteiger partial charge is 0.317 e. The van der Waals surface area contributed by atoms with Crippen LogP contribution in [0.1, 0.15) is 0 Å². The Bertz CT molecular complexity index is 390. The molecule has 0 amide bonds. The van der Waals surface area contributed by atoms with Crippen molar-refractivity contribution in [3.8, 4) is 5.75 Å². The van der Waals surface area contributed by atoms with E-state index in [9.17, 15) is 20.2 Å². The summed E-state index contributed by atoms with van der Waals surface area (Å²) in [6.07, 6.45) is 0. The third kappa shape index (κ3) is 1.76. The van der Waals surface area contributed by atoms with Gasteiger partial charge in [0.05, 0.1) is 29.1 Å². The van der Waals surface area contributed by atoms with Crippen LogP contribution in [0.2, 0.25) is 0 Å². The van der Waals surface area contributed by atoms with Gasteiger partial charge in [0.1, 0.15) is 0 Å². The quantitative estimate of drug-likeness (QED) is 0.537. The predicted molar refractivity (Wildman–Crippen MR) is 45.1 cm³/mol. The van der Waals surface area contributed by atoms with E-state index in [0.717, 1.165) is 12.1 Å². The molecule has 0 saturated carbocycles. The van der Waals surface area contributed by atoms with Crippen LogP contribution in [0.5, 0.6) is 5.75 Å². The molecule has 0 aliphatic rings. The topological polar surface area (TPSA) is 95.5 Å². The van der Waals surface area contributed by atoms with Gasteiger partial charge in [0.2, 0.25) is 0 Å². The van der Waals surface area contributed by atoms with Crippen molar-refractivity contribution >= 4 is 11.4 Å². The number of benzene rings is 1. The molecule has 0 aliphatic heterocycles. The fraction of sp³-hybridized carbons (Fsp3) is 0.143. The fourth-order valence-corrected chi connectivity index (χ4v) is 0.867. The monoisotopic (exact) mass is 197 g/mol. The Kier molecular flexibility index (Phi) is 2.61. The number of methoxy groups -OCH3 is 1. The Morgan fingerprint density at radius 1 is 1.36 bits per heavy atom. The summed E-state index contributed by atoms with van der Waals surface area (Å²) in [7, 11) is 1.24. The van der Waals surface area contributed by atoms with Gasteiger partial charge in [-0.15, -0.1) is 0 Å². The molecule has 0 saturated heterocycles. The third-order valence-electron chi connectivity index (χ3n) is 1.49. The molecule has 73 valence electrons. The lowest BCUT2D eigenvalue weighted by atomic mass is 10.2. The summed E-state index contributed by atoms with van der Waals surface area (Å²) in [5, 5.41) is 20.7. The number of ether oxygens (including phenoxy) is 1. The molecule has 0 bridgehead atoms. The summed E-state index contributed by atoms with van der Waals surface area (Å²) >= 11 is 0. The lowest BCUT2D eigenvalue weighted by Crippen LogP contribution is -1.96. The number of hydrogen-bond donors (Lipinski definition) is 0. The van der Waals surface area contributed by atoms with E-state index >= 15 is 0 Å². The Morgan fingerprint density at radius 3 is 2.43 bits per heavy atom. The molecule has 14 heavy (non-hydrogen) atoms. The Balaban J connectivity index is 3.27. The summed E-state index contributed by atoms with van der Waals surface area (Å²) < 4.78 is 4.65. The molecule has 1 rings (SSSR count). The zero-order valence-corrected chi connectivity index (χ0v) is 7.09. The van der Waals surface area contributed by atoms with E-state index in [0.29, 0.717) is 0 Å². The van der Waals surface area contributed by atoms with Gasteiger partial charge >= 0.3 is 5.69 Å². The van der Waals surface area contributed by atoms with Gasteiger partial charge in [-0.05, 0) is 0 Å². The predicted octanol–water partition coefficient (Wildman–Crippen LogP) is 1.31. The Hall–Kier alpha value is -2.18. The van der Waals surface area contributed by atoms with E-state index in [-0.39, 0.29) is 5.75 Å². The molecule has 0 fully saturated rings. The van der Waals surface area contributed by atoms with Crippen LogP contribution in [0.3, 0.4) is 0 Å². The van der Waals surface area contributed by atoms with Crippen molar-refractivity contribution < 1.29 is 14.6 Å². The van der Waals surface area contributed by atoms with Crippen molar-refractivity contribution in [3.05, 3.63) is 38.4 Å². The van der Waals surface area contributed by atoms with Crippen molar-refractivity contribution in [1.82, 2.24) is 0 Å². The molecule has 0 atom stereocenters. The van der Waals surface area contributed by atoms with Gasteiger partial charge in [0.15, 0.2) is 5.75 Å². The van der Waals surface area contributed by atoms with E-state index in [2.05, 4.69) is 10.8 Å². The van der Waals surface area contributed by atoms with E-state index in [1.54, 1.807) is 0 Å². The highest BCUT2D eigenvalue weighted by atomic mass is 16.6. The van der Waals surface area contributed by atoms with Gasteiger partial charge in [0, 0.05) is 6.07 Å². The summed E-state index contributed by atoms with van der Waals surface area (Å²) in [5.74, 6) is -0.0550.